The zero-order valence-electron chi connectivity index (χ0n) is 10.8. The van der Waals surface area contributed by atoms with Gasteiger partial charge >= 0.3 is 0 Å². The fourth-order valence-corrected chi connectivity index (χ4v) is 1.65. The van der Waals surface area contributed by atoms with E-state index in [-0.39, 0.29) is 30.5 Å². The van der Waals surface area contributed by atoms with Crippen molar-refractivity contribution in [1.29, 1.82) is 0 Å². The van der Waals surface area contributed by atoms with E-state index in [0.29, 0.717) is 19.1 Å². The number of carbonyl (C=O) groups is 1. The second kappa shape index (κ2) is 8.72. The Morgan fingerprint density at radius 3 is 2.65 bits per heavy atom. The lowest BCUT2D eigenvalue weighted by atomic mass is 10.2. The number of nitrogens with two attached hydrogens (primary N) is 1. The number of halogens is 1. The van der Waals surface area contributed by atoms with Crippen molar-refractivity contribution in [1.82, 2.24) is 5.32 Å². The van der Waals surface area contributed by atoms with Gasteiger partial charge in [0.25, 0.3) is 0 Å². The maximum Gasteiger partial charge on any atom is 0.249 e. The number of carbonyl (C=O) groups excluding carboxylic acids is 1. The molecule has 4 nitrogen and oxygen atoms in total. The first-order valence-electron chi connectivity index (χ1n) is 6.31. The van der Waals surface area contributed by atoms with E-state index in [0.717, 1.165) is 12.8 Å². The molecule has 3 N–H and O–H groups in total. The van der Waals surface area contributed by atoms with Gasteiger partial charge in [-0.25, -0.2) is 0 Å². The first kappa shape index (κ1) is 16.7. The molecular formula is C12H25ClN2O2. The van der Waals surface area contributed by atoms with Gasteiger partial charge in [0.15, 0.2) is 0 Å². The topological polar surface area (TPSA) is 64.3 Å². The van der Waals surface area contributed by atoms with Crippen LogP contribution in [0.25, 0.3) is 0 Å². The first-order valence-corrected chi connectivity index (χ1v) is 6.31. The van der Waals surface area contributed by atoms with Crippen molar-refractivity contribution in [3.05, 3.63) is 0 Å². The van der Waals surface area contributed by atoms with Crippen LogP contribution in [0.15, 0.2) is 0 Å². The van der Waals surface area contributed by atoms with Gasteiger partial charge in [0.2, 0.25) is 5.91 Å². The van der Waals surface area contributed by atoms with Crippen molar-refractivity contribution in [2.24, 2.45) is 11.7 Å². The second-order valence-electron chi connectivity index (χ2n) is 4.55. The molecule has 1 aliphatic carbocycles. The predicted octanol–water partition coefficient (Wildman–Crippen LogP) is 1.47. The molecule has 0 radical (unpaired) electrons. The highest BCUT2D eigenvalue weighted by molar-refractivity contribution is 5.85. The molecule has 1 amide bonds. The van der Waals surface area contributed by atoms with E-state index in [1.54, 1.807) is 6.92 Å². The van der Waals surface area contributed by atoms with E-state index in [9.17, 15) is 4.79 Å². The van der Waals surface area contributed by atoms with E-state index in [1.165, 1.54) is 12.8 Å². The third kappa shape index (κ3) is 6.24. The summed E-state index contributed by atoms with van der Waals surface area (Å²) in [6, 6.07) is 0.143. The lowest BCUT2D eigenvalue weighted by Crippen LogP contribution is -2.46. The molecule has 0 aliphatic heterocycles. The van der Waals surface area contributed by atoms with Crippen molar-refractivity contribution in [3.8, 4) is 0 Å². The van der Waals surface area contributed by atoms with Gasteiger partial charge in [-0.2, -0.15) is 0 Å². The summed E-state index contributed by atoms with van der Waals surface area (Å²) >= 11 is 0. The number of unbranched alkanes of at least 4 members (excludes halogenated alkanes) is 1. The third-order valence-electron chi connectivity index (χ3n) is 3.01. The number of ether oxygens (including phenoxy) is 1. The summed E-state index contributed by atoms with van der Waals surface area (Å²) in [7, 11) is 0. The second-order valence-corrected chi connectivity index (χ2v) is 4.55. The quantitative estimate of drug-likeness (QED) is 0.653. The SMILES string of the molecule is CCCCOC(C)C(=O)NC(CN)C1CC1.Cl. The highest BCUT2D eigenvalue weighted by Crippen LogP contribution is 2.32. The van der Waals surface area contributed by atoms with E-state index in [4.69, 9.17) is 10.5 Å². The Bertz CT molecular complexity index is 223. The molecule has 2 unspecified atom stereocenters. The van der Waals surface area contributed by atoms with Gasteiger partial charge in [0.05, 0.1) is 0 Å². The molecule has 1 saturated carbocycles. The van der Waals surface area contributed by atoms with E-state index >= 15 is 0 Å². The van der Waals surface area contributed by atoms with Crippen molar-refractivity contribution in [2.45, 2.75) is 51.7 Å². The van der Waals surface area contributed by atoms with Crippen molar-refractivity contribution < 1.29 is 9.53 Å². The van der Waals surface area contributed by atoms with Crippen LogP contribution in [0.2, 0.25) is 0 Å². The Morgan fingerprint density at radius 1 is 1.53 bits per heavy atom. The molecule has 0 aromatic heterocycles. The Kier molecular flexibility index (Phi) is 8.56. The van der Waals surface area contributed by atoms with Crippen molar-refractivity contribution in [3.63, 3.8) is 0 Å². The smallest absolute Gasteiger partial charge is 0.249 e. The fraction of sp³-hybridized carbons (Fsp3) is 0.917. The number of hydrogen-bond donors (Lipinski definition) is 2. The lowest BCUT2D eigenvalue weighted by molar-refractivity contribution is -0.132. The maximum absolute atomic E-state index is 11.7. The Hall–Kier alpha value is -0.320. The van der Waals surface area contributed by atoms with Crippen LogP contribution in [-0.2, 0) is 9.53 Å². The normalized spacial score (nSPS) is 18.1. The van der Waals surface area contributed by atoms with E-state index in [2.05, 4.69) is 12.2 Å². The number of hydrogen-bond acceptors (Lipinski definition) is 3. The summed E-state index contributed by atoms with van der Waals surface area (Å²) in [5.74, 6) is 0.565. The predicted molar refractivity (Wildman–Crippen MR) is 71.3 cm³/mol. The summed E-state index contributed by atoms with van der Waals surface area (Å²) in [6.07, 6.45) is 4.10. The minimum Gasteiger partial charge on any atom is -0.369 e. The molecular weight excluding hydrogens is 240 g/mol. The van der Waals surface area contributed by atoms with Crippen LogP contribution in [-0.4, -0.2) is 31.2 Å². The molecule has 17 heavy (non-hydrogen) atoms. The Balaban J connectivity index is 0.00000256. The summed E-state index contributed by atoms with van der Waals surface area (Å²) in [6.45, 7) is 5.08. The minimum absolute atomic E-state index is 0. The van der Waals surface area contributed by atoms with E-state index in [1.807, 2.05) is 0 Å². The Morgan fingerprint density at radius 2 is 2.18 bits per heavy atom. The van der Waals surface area contributed by atoms with Crippen LogP contribution in [0, 0.1) is 5.92 Å². The first-order chi connectivity index (χ1) is 7.69. The molecule has 1 fully saturated rings. The number of amides is 1. The van der Waals surface area contributed by atoms with Gasteiger partial charge in [-0.15, -0.1) is 12.4 Å². The van der Waals surface area contributed by atoms with Gasteiger partial charge in [0, 0.05) is 19.2 Å². The van der Waals surface area contributed by atoms with E-state index < -0.39 is 0 Å². The standard InChI is InChI=1S/C12H24N2O2.ClH/c1-3-4-7-16-9(2)12(15)14-11(8-13)10-5-6-10;/h9-11H,3-8,13H2,1-2H3,(H,14,15);1H. The summed E-state index contributed by atoms with van der Waals surface area (Å²) in [5.41, 5.74) is 5.63. The maximum atomic E-state index is 11.7. The molecule has 2 atom stereocenters. The zero-order chi connectivity index (χ0) is 12.0. The molecule has 0 spiro atoms. The molecule has 102 valence electrons. The molecule has 0 bridgehead atoms. The van der Waals surface area contributed by atoms with Crippen molar-refractivity contribution >= 4 is 18.3 Å². The molecule has 0 aromatic rings. The van der Waals surface area contributed by atoms with Crippen LogP contribution in [0.1, 0.15) is 39.5 Å². The molecule has 0 heterocycles. The van der Waals surface area contributed by atoms with Crippen LogP contribution < -0.4 is 11.1 Å². The number of rotatable bonds is 8. The minimum atomic E-state index is -0.362. The molecule has 5 heteroatoms. The van der Waals surface area contributed by atoms with Gasteiger partial charge in [0.1, 0.15) is 6.10 Å². The highest BCUT2D eigenvalue weighted by Gasteiger charge is 2.32. The van der Waals surface area contributed by atoms with Crippen LogP contribution in [0.5, 0.6) is 0 Å². The fourth-order valence-electron chi connectivity index (χ4n) is 1.65. The highest BCUT2D eigenvalue weighted by atomic mass is 35.5. The molecule has 0 saturated heterocycles. The monoisotopic (exact) mass is 264 g/mol. The van der Waals surface area contributed by atoms with Crippen LogP contribution >= 0.6 is 12.4 Å². The molecule has 1 rings (SSSR count). The van der Waals surface area contributed by atoms with Gasteiger partial charge in [-0.1, -0.05) is 13.3 Å². The van der Waals surface area contributed by atoms with Crippen LogP contribution in [0.4, 0.5) is 0 Å². The Labute approximate surface area is 110 Å². The molecule has 1 aliphatic rings. The van der Waals surface area contributed by atoms with Crippen molar-refractivity contribution in [2.75, 3.05) is 13.2 Å². The van der Waals surface area contributed by atoms with Gasteiger partial charge < -0.3 is 15.8 Å². The zero-order valence-corrected chi connectivity index (χ0v) is 11.6. The van der Waals surface area contributed by atoms with Crippen LogP contribution in [0.3, 0.4) is 0 Å². The average Bonchev–Trinajstić information content (AvgIpc) is 3.09. The van der Waals surface area contributed by atoms with Gasteiger partial charge in [-0.05, 0) is 32.1 Å². The number of nitrogens with one attached hydrogen (secondary N) is 1. The van der Waals surface area contributed by atoms with Gasteiger partial charge in [-0.3, -0.25) is 4.79 Å². The third-order valence-corrected chi connectivity index (χ3v) is 3.01. The summed E-state index contributed by atoms with van der Waals surface area (Å²) in [4.78, 5) is 11.7. The largest absolute Gasteiger partial charge is 0.369 e. The summed E-state index contributed by atoms with van der Waals surface area (Å²) < 4.78 is 5.44. The molecule has 0 aromatic carbocycles. The average molecular weight is 265 g/mol. The summed E-state index contributed by atoms with van der Waals surface area (Å²) in [5, 5.41) is 2.97. The lowest BCUT2D eigenvalue weighted by Gasteiger charge is -2.19.